The summed E-state index contributed by atoms with van der Waals surface area (Å²) in [5.41, 5.74) is 3.70. The van der Waals surface area contributed by atoms with E-state index < -0.39 is 9.84 Å². The van der Waals surface area contributed by atoms with Gasteiger partial charge in [-0.05, 0) is 54.8 Å². The van der Waals surface area contributed by atoms with Crippen LogP contribution in [0, 0.1) is 13.8 Å². The smallest absolute Gasteiger partial charge is 0.262 e. The molecule has 4 rings (SSSR count). The second-order valence-corrected chi connectivity index (χ2v) is 11.4. The summed E-state index contributed by atoms with van der Waals surface area (Å²) >= 11 is 1.25. The van der Waals surface area contributed by atoms with Crippen molar-refractivity contribution in [1.29, 1.82) is 0 Å². The molecule has 0 saturated heterocycles. The van der Waals surface area contributed by atoms with Crippen LogP contribution in [0.15, 0.2) is 63.2 Å². The van der Waals surface area contributed by atoms with Crippen molar-refractivity contribution in [3.05, 3.63) is 75.7 Å². The Morgan fingerprint density at radius 1 is 0.917 bits per heavy atom. The van der Waals surface area contributed by atoms with Crippen LogP contribution < -0.4 is 19.5 Å². The van der Waals surface area contributed by atoms with Crippen molar-refractivity contribution in [2.45, 2.75) is 29.4 Å². The molecular formula is C27H27NO6S2. The van der Waals surface area contributed by atoms with Crippen molar-refractivity contribution < 1.29 is 27.4 Å². The molecule has 0 saturated carbocycles. The van der Waals surface area contributed by atoms with E-state index >= 15 is 0 Å². The molecule has 0 bridgehead atoms. The number of methoxy groups -OCH3 is 3. The van der Waals surface area contributed by atoms with Crippen LogP contribution in [0.4, 0.5) is 5.69 Å². The van der Waals surface area contributed by atoms with E-state index in [1.54, 1.807) is 37.5 Å². The van der Waals surface area contributed by atoms with E-state index in [0.29, 0.717) is 33.4 Å². The van der Waals surface area contributed by atoms with Gasteiger partial charge in [0.15, 0.2) is 9.84 Å². The Morgan fingerprint density at radius 2 is 1.56 bits per heavy atom. The number of benzene rings is 3. The van der Waals surface area contributed by atoms with Gasteiger partial charge in [0.05, 0.1) is 48.1 Å². The number of aryl methyl sites for hydroxylation is 2. The number of fused-ring (bicyclic) bond motifs is 1. The second-order valence-electron chi connectivity index (χ2n) is 8.30. The SMILES string of the molecule is COc1cc(OC)c(/C=C2\Sc3ccc(S(=O)(=O)Cc4c(C)cccc4C)cc3NC2=O)c(OC)c1. The van der Waals surface area contributed by atoms with Gasteiger partial charge in [-0.2, -0.15) is 0 Å². The normalized spacial score (nSPS) is 14.2. The van der Waals surface area contributed by atoms with Gasteiger partial charge < -0.3 is 19.5 Å². The maximum atomic E-state index is 13.2. The first-order valence-electron chi connectivity index (χ1n) is 11.1. The number of carbonyl (C=O) groups excluding carboxylic acids is 1. The van der Waals surface area contributed by atoms with Crippen LogP contribution in [0.2, 0.25) is 0 Å². The highest BCUT2D eigenvalue weighted by Gasteiger charge is 2.26. The highest BCUT2D eigenvalue weighted by atomic mass is 32.2. The zero-order chi connectivity index (χ0) is 26.0. The predicted octanol–water partition coefficient (Wildman–Crippen LogP) is 5.39. The maximum Gasteiger partial charge on any atom is 0.262 e. The molecule has 0 fully saturated rings. The van der Waals surface area contributed by atoms with Crippen LogP contribution >= 0.6 is 11.8 Å². The van der Waals surface area contributed by atoms with Crippen molar-refractivity contribution in [2.75, 3.05) is 26.6 Å². The average Bonchev–Trinajstić information content (AvgIpc) is 2.86. The van der Waals surface area contributed by atoms with Gasteiger partial charge in [-0.25, -0.2) is 8.42 Å². The molecule has 3 aromatic rings. The molecular weight excluding hydrogens is 498 g/mol. The van der Waals surface area contributed by atoms with Gasteiger partial charge >= 0.3 is 0 Å². The number of hydrogen-bond donors (Lipinski definition) is 1. The minimum absolute atomic E-state index is 0.104. The number of hydrogen-bond acceptors (Lipinski definition) is 7. The van der Waals surface area contributed by atoms with Crippen LogP contribution in [0.1, 0.15) is 22.3 Å². The Kier molecular flexibility index (Phi) is 7.33. The van der Waals surface area contributed by atoms with Crippen molar-refractivity contribution in [3.8, 4) is 17.2 Å². The summed E-state index contributed by atoms with van der Waals surface area (Å²) in [4.78, 5) is 14.3. The number of ether oxygens (including phenoxy) is 3. The first-order valence-corrected chi connectivity index (χ1v) is 13.6. The van der Waals surface area contributed by atoms with Gasteiger partial charge in [-0.3, -0.25) is 4.79 Å². The summed E-state index contributed by atoms with van der Waals surface area (Å²) in [7, 11) is 0.985. The molecule has 1 amide bonds. The second kappa shape index (κ2) is 10.3. The predicted molar refractivity (Wildman–Crippen MR) is 142 cm³/mol. The number of rotatable bonds is 7. The molecule has 0 unspecified atom stereocenters. The number of amides is 1. The van der Waals surface area contributed by atoms with E-state index in [1.807, 2.05) is 32.0 Å². The molecule has 7 nitrogen and oxygen atoms in total. The van der Waals surface area contributed by atoms with Gasteiger partial charge in [-0.1, -0.05) is 30.0 Å². The minimum atomic E-state index is -3.62. The largest absolute Gasteiger partial charge is 0.496 e. The molecule has 1 aliphatic rings. The highest BCUT2D eigenvalue weighted by molar-refractivity contribution is 8.04. The Labute approximate surface area is 215 Å². The van der Waals surface area contributed by atoms with Crippen LogP contribution in [0.5, 0.6) is 17.2 Å². The van der Waals surface area contributed by atoms with Crippen LogP contribution in [0.25, 0.3) is 6.08 Å². The molecule has 0 atom stereocenters. The van der Waals surface area contributed by atoms with Crippen molar-refractivity contribution in [1.82, 2.24) is 0 Å². The number of anilines is 1. The Bertz CT molecular complexity index is 1430. The maximum absolute atomic E-state index is 13.2. The molecule has 0 aromatic heterocycles. The van der Waals surface area contributed by atoms with E-state index in [0.717, 1.165) is 21.6 Å². The van der Waals surface area contributed by atoms with E-state index in [1.165, 1.54) is 32.0 Å². The molecule has 0 radical (unpaired) electrons. The van der Waals surface area contributed by atoms with Crippen molar-refractivity contribution in [3.63, 3.8) is 0 Å². The summed E-state index contributed by atoms with van der Waals surface area (Å²) in [6, 6.07) is 14.0. The highest BCUT2D eigenvalue weighted by Crippen LogP contribution is 2.43. The molecule has 9 heteroatoms. The summed E-state index contributed by atoms with van der Waals surface area (Å²) in [6.45, 7) is 3.81. The fourth-order valence-electron chi connectivity index (χ4n) is 3.99. The third-order valence-corrected chi connectivity index (χ3v) is 8.75. The van der Waals surface area contributed by atoms with E-state index in [-0.39, 0.29) is 16.6 Å². The Balaban J connectivity index is 1.66. The molecule has 1 N–H and O–H groups in total. The molecule has 36 heavy (non-hydrogen) atoms. The van der Waals surface area contributed by atoms with Crippen LogP contribution in [-0.4, -0.2) is 35.7 Å². The monoisotopic (exact) mass is 525 g/mol. The fraction of sp³-hybridized carbons (Fsp3) is 0.222. The molecule has 0 aliphatic carbocycles. The standard InChI is InChI=1S/C27H27NO6S2/c1-16-7-6-8-17(2)21(16)15-36(30,31)19-9-10-25-22(13-19)28-27(29)26(35-25)14-20-23(33-4)11-18(32-3)12-24(20)34-5/h6-14H,15H2,1-5H3,(H,28,29)/b26-14-. The number of thioether (sulfide) groups is 1. The molecule has 3 aromatic carbocycles. The van der Waals surface area contributed by atoms with Crippen molar-refractivity contribution in [2.24, 2.45) is 0 Å². The fourth-order valence-corrected chi connectivity index (χ4v) is 6.48. The third kappa shape index (κ3) is 5.08. The number of nitrogens with one attached hydrogen (secondary N) is 1. The third-order valence-electron chi connectivity index (χ3n) is 6.01. The van der Waals surface area contributed by atoms with Crippen LogP contribution in [-0.2, 0) is 20.4 Å². The van der Waals surface area contributed by atoms with E-state index in [2.05, 4.69) is 5.32 Å². The van der Waals surface area contributed by atoms with Crippen LogP contribution in [0.3, 0.4) is 0 Å². The first kappa shape index (κ1) is 25.7. The van der Waals surface area contributed by atoms with E-state index in [9.17, 15) is 13.2 Å². The lowest BCUT2D eigenvalue weighted by Crippen LogP contribution is -2.18. The molecule has 0 spiro atoms. The zero-order valence-electron chi connectivity index (χ0n) is 20.7. The minimum Gasteiger partial charge on any atom is -0.496 e. The lowest BCUT2D eigenvalue weighted by Gasteiger charge is -2.20. The Morgan fingerprint density at radius 3 is 2.14 bits per heavy atom. The number of carbonyl (C=O) groups is 1. The lowest BCUT2D eigenvalue weighted by molar-refractivity contribution is -0.112. The zero-order valence-corrected chi connectivity index (χ0v) is 22.3. The van der Waals surface area contributed by atoms with Gasteiger partial charge in [0.25, 0.3) is 5.91 Å². The van der Waals surface area contributed by atoms with Gasteiger partial charge in [-0.15, -0.1) is 0 Å². The average molecular weight is 526 g/mol. The molecule has 1 heterocycles. The Hall–Kier alpha value is -3.43. The summed E-state index contributed by atoms with van der Waals surface area (Å²) in [5, 5.41) is 2.83. The van der Waals surface area contributed by atoms with Gasteiger partial charge in [0, 0.05) is 17.0 Å². The quantitative estimate of drug-likeness (QED) is 0.414. The topological polar surface area (TPSA) is 90.9 Å². The summed E-state index contributed by atoms with van der Waals surface area (Å²) in [5.74, 6) is 1.09. The summed E-state index contributed by atoms with van der Waals surface area (Å²) < 4.78 is 42.7. The lowest BCUT2D eigenvalue weighted by atomic mass is 10.1. The van der Waals surface area contributed by atoms with Gasteiger partial charge in [0.2, 0.25) is 0 Å². The summed E-state index contributed by atoms with van der Waals surface area (Å²) in [6.07, 6.45) is 1.69. The number of sulfone groups is 1. The van der Waals surface area contributed by atoms with E-state index in [4.69, 9.17) is 14.2 Å². The molecule has 1 aliphatic heterocycles. The first-order chi connectivity index (χ1) is 17.2. The van der Waals surface area contributed by atoms with Crippen molar-refractivity contribution >= 4 is 39.3 Å². The molecule has 188 valence electrons. The van der Waals surface area contributed by atoms with Gasteiger partial charge in [0.1, 0.15) is 17.2 Å².